The van der Waals surface area contributed by atoms with E-state index in [1.807, 2.05) is 21.6 Å². The second-order valence-corrected chi connectivity index (χ2v) is 5.49. The molecule has 0 fully saturated rings. The molecular weight excluding hydrogens is 172 g/mol. The van der Waals surface area contributed by atoms with Gasteiger partial charge in [-0.2, -0.15) is 0 Å². The van der Waals surface area contributed by atoms with Crippen LogP contribution in [0.3, 0.4) is 0 Å². The van der Waals surface area contributed by atoms with Crippen molar-refractivity contribution in [2.24, 2.45) is 5.92 Å². The van der Waals surface area contributed by atoms with E-state index >= 15 is 0 Å². The van der Waals surface area contributed by atoms with Crippen LogP contribution >= 0.6 is 21.6 Å². The highest BCUT2D eigenvalue weighted by Gasteiger charge is 1.93. The molecule has 0 radical (unpaired) electrons. The summed E-state index contributed by atoms with van der Waals surface area (Å²) in [5.41, 5.74) is 0. The van der Waals surface area contributed by atoms with Crippen LogP contribution in [0, 0.1) is 5.92 Å². The van der Waals surface area contributed by atoms with Crippen LogP contribution in [0.25, 0.3) is 0 Å². The minimum atomic E-state index is 0.852. The SMILES string of the molecule is C/C=C/CSSCCC(C)C. The Hall–Kier alpha value is 0.440. The fraction of sp³-hybridized carbons (Fsp3) is 0.778. The summed E-state index contributed by atoms with van der Waals surface area (Å²) in [5, 5.41) is 0. The molecule has 0 unspecified atom stereocenters. The third-order valence-corrected chi connectivity index (χ3v) is 3.57. The van der Waals surface area contributed by atoms with Crippen molar-refractivity contribution in [2.45, 2.75) is 27.2 Å². The van der Waals surface area contributed by atoms with E-state index in [1.165, 1.54) is 12.2 Å². The van der Waals surface area contributed by atoms with Crippen molar-refractivity contribution in [3.05, 3.63) is 12.2 Å². The highest BCUT2D eigenvalue weighted by Crippen LogP contribution is 2.23. The van der Waals surface area contributed by atoms with Gasteiger partial charge >= 0.3 is 0 Å². The van der Waals surface area contributed by atoms with Crippen LogP contribution in [-0.4, -0.2) is 11.5 Å². The summed E-state index contributed by atoms with van der Waals surface area (Å²) in [6.45, 7) is 6.62. The molecule has 0 aromatic heterocycles. The third kappa shape index (κ3) is 10.4. The summed E-state index contributed by atoms with van der Waals surface area (Å²) in [7, 11) is 3.94. The van der Waals surface area contributed by atoms with E-state index in [1.54, 1.807) is 0 Å². The van der Waals surface area contributed by atoms with Gasteiger partial charge in [-0.25, -0.2) is 0 Å². The summed E-state index contributed by atoms with van der Waals surface area (Å²) in [5.74, 6) is 3.30. The molecule has 2 heteroatoms. The van der Waals surface area contributed by atoms with Gasteiger partial charge in [-0.05, 0) is 19.3 Å². The second-order valence-electron chi connectivity index (χ2n) is 2.86. The lowest BCUT2D eigenvalue weighted by Gasteiger charge is -2.01. The smallest absolute Gasteiger partial charge is 0.0217 e. The zero-order valence-corrected chi connectivity index (χ0v) is 9.30. The summed E-state index contributed by atoms with van der Waals surface area (Å²) in [4.78, 5) is 0. The maximum absolute atomic E-state index is 2.27. The number of hydrogen-bond donors (Lipinski definition) is 0. The molecule has 0 N–H and O–H groups in total. The zero-order valence-electron chi connectivity index (χ0n) is 7.67. The minimum absolute atomic E-state index is 0.852. The van der Waals surface area contributed by atoms with Gasteiger partial charge in [0.05, 0.1) is 0 Å². The fourth-order valence-corrected chi connectivity index (χ4v) is 2.75. The molecule has 0 aliphatic carbocycles. The number of rotatable bonds is 6. The largest absolute Gasteiger partial charge is 0.0938 e. The van der Waals surface area contributed by atoms with Crippen molar-refractivity contribution in [1.82, 2.24) is 0 Å². The standard InChI is InChI=1S/C9H18S2/c1-4-5-7-10-11-8-6-9(2)3/h4-5,9H,6-8H2,1-3H3/b5-4+. The third-order valence-electron chi connectivity index (χ3n) is 1.26. The average Bonchev–Trinajstić information content (AvgIpc) is 1.96. The molecule has 0 aliphatic heterocycles. The van der Waals surface area contributed by atoms with Crippen molar-refractivity contribution in [1.29, 1.82) is 0 Å². The van der Waals surface area contributed by atoms with Crippen LogP contribution in [0.5, 0.6) is 0 Å². The maximum Gasteiger partial charge on any atom is 0.0217 e. The van der Waals surface area contributed by atoms with Crippen molar-refractivity contribution in [3.63, 3.8) is 0 Å². The first kappa shape index (κ1) is 11.4. The second kappa shape index (κ2) is 8.54. The van der Waals surface area contributed by atoms with Gasteiger partial charge in [0.1, 0.15) is 0 Å². The Morgan fingerprint density at radius 1 is 1.27 bits per heavy atom. The van der Waals surface area contributed by atoms with Gasteiger partial charge in [0.25, 0.3) is 0 Å². The molecule has 0 atom stereocenters. The van der Waals surface area contributed by atoms with Gasteiger partial charge in [0.2, 0.25) is 0 Å². The maximum atomic E-state index is 2.27. The Kier molecular flexibility index (Phi) is 8.88. The molecule has 0 spiro atoms. The first-order chi connectivity index (χ1) is 5.27. The molecule has 0 heterocycles. The molecule has 0 saturated carbocycles. The summed E-state index contributed by atoms with van der Waals surface area (Å²) in [6, 6.07) is 0. The van der Waals surface area contributed by atoms with E-state index in [9.17, 15) is 0 Å². The van der Waals surface area contributed by atoms with E-state index in [-0.39, 0.29) is 0 Å². The van der Waals surface area contributed by atoms with Crippen LogP contribution in [0.15, 0.2) is 12.2 Å². The monoisotopic (exact) mass is 190 g/mol. The van der Waals surface area contributed by atoms with Crippen molar-refractivity contribution in [3.8, 4) is 0 Å². The summed E-state index contributed by atoms with van der Waals surface area (Å²) in [6.07, 6.45) is 5.65. The van der Waals surface area contributed by atoms with E-state index in [0.29, 0.717) is 0 Å². The van der Waals surface area contributed by atoms with Gasteiger partial charge in [0, 0.05) is 11.5 Å². The van der Waals surface area contributed by atoms with E-state index in [4.69, 9.17) is 0 Å². The van der Waals surface area contributed by atoms with Gasteiger partial charge in [-0.1, -0.05) is 47.6 Å². The average molecular weight is 190 g/mol. The Bertz CT molecular complexity index is 97.7. The van der Waals surface area contributed by atoms with Crippen LogP contribution < -0.4 is 0 Å². The van der Waals surface area contributed by atoms with Gasteiger partial charge in [0.15, 0.2) is 0 Å². The normalized spacial score (nSPS) is 11.6. The highest BCUT2D eigenvalue weighted by atomic mass is 33.1. The van der Waals surface area contributed by atoms with Crippen molar-refractivity contribution < 1.29 is 0 Å². The molecule has 11 heavy (non-hydrogen) atoms. The molecule has 0 aromatic carbocycles. The van der Waals surface area contributed by atoms with E-state index in [2.05, 4.69) is 32.9 Å². The first-order valence-corrected chi connectivity index (χ1v) is 6.61. The zero-order chi connectivity index (χ0) is 8.53. The van der Waals surface area contributed by atoms with E-state index < -0.39 is 0 Å². The van der Waals surface area contributed by atoms with E-state index in [0.717, 1.165) is 11.7 Å². The van der Waals surface area contributed by atoms with Crippen LogP contribution in [-0.2, 0) is 0 Å². The molecule has 66 valence electrons. The molecule has 0 aliphatic rings. The predicted octanol–water partition coefficient (Wildman–Crippen LogP) is 3.99. The molecule has 0 bridgehead atoms. The Morgan fingerprint density at radius 2 is 2.00 bits per heavy atom. The molecule has 0 amide bonds. The van der Waals surface area contributed by atoms with Crippen LogP contribution in [0.1, 0.15) is 27.2 Å². The molecular formula is C9H18S2. The van der Waals surface area contributed by atoms with Crippen LogP contribution in [0.2, 0.25) is 0 Å². The summed E-state index contributed by atoms with van der Waals surface area (Å²) >= 11 is 0. The molecule has 0 nitrogen and oxygen atoms in total. The fourth-order valence-electron chi connectivity index (χ4n) is 0.526. The van der Waals surface area contributed by atoms with Gasteiger partial charge < -0.3 is 0 Å². The quantitative estimate of drug-likeness (QED) is 0.353. The molecule has 0 rings (SSSR count). The van der Waals surface area contributed by atoms with Crippen LogP contribution in [0.4, 0.5) is 0 Å². The lowest BCUT2D eigenvalue weighted by Crippen LogP contribution is -1.87. The number of allylic oxidation sites excluding steroid dienone is 1. The lowest BCUT2D eigenvalue weighted by atomic mass is 10.2. The lowest BCUT2D eigenvalue weighted by molar-refractivity contribution is 0.633. The topological polar surface area (TPSA) is 0 Å². The van der Waals surface area contributed by atoms with Gasteiger partial charge in [-0.3, -0.25) is 0 Å². The highest BCUT2D eigenvalue weighted by molar-refractivity contribution is 8.76. The number of hydrogen-bond acceptors (Lipinski definition) is 2. The van der Waals surface area contributed by atoms with Gasteiger partial charge in [-0.15, -0.1) is 0 Å². The summed E-state index contributed by atoms with van der Waals surface area (Å²) < 4.78 is 0. The Morgan fingerprint density at radius 3 is 2.55 bits per heavy atom. The predicted molar refractivity (Wildman–Crippen MR) is 59.2 cm³/mol. The van der Waals surface area contributed by atoms with Crippen molar-refractivity contribution >= 4 is 21.6 Å². The minimum Gasteiger partial charge on any atom is -0.0938 e. The Balaban J connectivity index is 2.91. The first-order valence-electron chi connectivity index (χ1n) is 4.13. The molecule has 0 aromatic rings. The van der Waals surface area contributed by atoms with Crippen molar-refractivity contribution in [2.75, 3.05) is 11.5 Å². The molecule has 0 saturated heterocycles. The Labute approximate surface area is 78.6 Å².